The third kappa shape index (κ3) is 5.19. The molecular weight excluding hydrogens is 429 g/mol. The van der Waals surface area contributed by atoms with Gasteiger partial charge in [0.05, 0.1) is 12.2 Å². The third-order valence-corrected chi connectivity index (χ3v) is 5.40. The normalized spacial score (nSPS) is 17.6. The number of unbranched alkanes of at least 4 members (excludes halogenated alkanes) is 1. The smallest absolute Gasteiger partial charge is 0.338 e. The Bertz CT molecular complexity index is 1040. The van der Waals surface area contributed by atoms with Crippen LogP contribution >= 0.6 is 0 Å². The van der Waals surface area contributed by atoms with E-state index in [0.717, 1.165) is 11.3 Å². The van der Waals surface area contributed by atoms with Gasteiger partial charge >= 0.3 is 12.0 Å². The predicted molar refractivity (Wildman–Crippen MR) is 119 cm³/mol. The lowest BCUT2D eigenvalue weighted by Crippen LogP contribution is -2.44. The van der Waals surface area contributed by atoms with Crippen molar-refractivity contribution in [2.24, 2.45) is 0 Å². The number of anilines is 1. The van der Waals surface area contributed by atoms with Crippen molar-refractivity contribution in [3.8, 4) is 0 Å². The summed E-state index contributed by atoms with van der Waals surface area (Å²) >= 11 is 0. The van der Waals surface area contributed by atoms with Crippen LogP contribution in [0.4, 0.5) is 14.9 Å². The molecule has 0 aliphatic carbocycles. The van der Waals surface area contributed by atoms with Crippen molar-refractivity contribution in [2.75, 3.05) is 18.5 Å². The summed E-state index contributed by atoms with van der Waals surface area (Å²) in [7, 11) is 0. The molecule has 9 heteroatoms. The number of nitrogens with zero attached hydrogens (tertiary/aromatic N) is 1. The van der Waals surface area contributed by atoms with Crippen molar-refractivity contribution in [3.63, 3.8) is 0 Å². The summed E-state index contributed by atoms with van der Waals surface area (Å²) in [5, 5.41) is 5.33. The first-order valence-corrected chi connectivity index (χ1v) is 10.8. The Hall–Kier alpha value is -3.75. The molecule has 4 amide bonds. The number of rotatable bonds is 9. The van der Waals surface area contributed by atoms with Crippen LogP contribution in [0.2, 0.25) is 0 Å². The van der Waals surface area contributed by atoms with Gasteiger partial charge in [-0.05, 0) is 55.3 Å². The van der Waals surface area contributed by atoms with Gasteiger partial charge in [-0.25, -0.2) is 14.0 Å². The SMILES string of the molecule is CCCCC1(c2ccc(F)cc2)NC(=O)N(CC(=O)Nc2ccc(C(=O)OCC)cc2)C1=O. The largest absolute Gasteiger partial charge is 0.462 e. The zero-order valence-electron chi connectivity index (χ0n) is 18.5. The van der Waals surface area contributed by atoms with Crippen LogP contribution in [0.1, 0.15) is 49.0 Å². The number of carbonyl (C=O) groups is 4. The number of halogens is 1. The van der Waals surface area contributed by atoms with Gasteiger partial charge in [0.1, 0.15) is 17.9 Å². The number of imide groups is 1. The highest BCUT2D eigenvalue weighted by Gasteiger charge is 2.52. The first-order valence-electron chi connectivity index (χ1n) is 10.8. The highest BCUT2D eigenvalue weighted by Crippen LogP contribution is 2.34. The van der Waals surface area contributed by atoms with Gasteiger partial charge in [0.15, 0.2) is 0 Å². The van der Waals surface area contributed by atoms with Crippen molar-refractivity contribution in [2.45, 2.75) is 38.6 Å². The quantitative estimate of drug-likeness (QED) is 0.444. The molecule has 1 aliphatic heterocycles. The van der Waals surface area contributed by atoms with E-state index in [2.05, 4.69) is 10.6 Å². The maximum Gasteiger partial charge on any atom is 0.338 e. The van der Waals surface area contributed by atoms with Gasteiger partial charge in [-0.2, -0.15) is 0 Å². The van der Waals surface area contributed by atoms with Crippen LogP contribution in [0.5, 0.6) is 0 Å². The lowest BCUT2D eigenvalue weighted by molar-refractivity contribution is -0.134. The Balaban J connectivity index is 1.73. The Morgan fingerprint density at radius 3 is 2.33 bits per heavy atom. The van der Waals surface area contributed by atoms with Crippen LogP contribution < -0.4 is 10.6 Å². The van der Waals surface area contributed by atoms with E-state index < -0.39 is 41.7 Å². The standard InChI is InChI=1S/C24H26FN3O5/c1-3-5-14-24(17-8-10-18(25)11-9-17)22(31)28(23(32)27-24)15-20(29)26-19-12-6-16(7-13-19)21(30)33-4-2/h6-13H,3-5,14-15H2,1-2H3,(H,26,29)(H,27,32). The van der Waals surface area contributed by atoms with E-state index in [1.807, 2.05) is 6.92 Å². The molecule has 174 valence electrons. The third-order valence-electron chi connectivity index (χ3n) is 5.40. The predicted octanol–water partition coefficient (Wildman–Crippen LogP) is 3.58. The first-order chi connectivity index (χ1) is 15.8. The fourth-order valence-electron chi connectivity index (χ4n) is 3.70. The first kappa shape index (κ1) is 23.9. The van der Waals surface area contributed by atoms with E-state index in [1.165, 1.54) is 48.5 Å². The molecule has 3 rings (SSSR count). The average Bonchev–Trinajstić information content (AvgIpc) is 3.03. The van der Waals surface area contributed by atoms with Crippen molar-refractivity contribution in [3.05, 3.63) is 65.5 Å². The molecule has 1 saturated heterocycles. The summed E-state index contributed by atoms with van der Waals surface area (Å²) in [5.74, 6) is -2.06. The van der Waals surface area contributed by atoms with Gasteiger partial charge in [-0.1, -0.05) is 31.9 Å². The van der Waals surface area contributed by atoms with Crippen LogP contribution in [0, 0.1) is 5.82 Å². The molecule has 0 saturated carbocycles. The number of benzene rings is 2. The van der Waals surface area contributed by atoms with Gasteiger partial charge < -0.3 is 15.4 Å². The maximum atomic E-state index is 13.4. The van der Waals surface area contributed by atoms with Crippen LogP contribution in [0.15, 0.2) is 48.5 Å². The molecule has 1 unspecified atom stereocenters. The summed E-state index contributed by atoms with van der Waals surface area (Å²) in [5.41, 5.74) is -0.143. The molecule has 2 aromatic carbocycles. The van der Waals surface area contributed by atoms with Gasteiger partial charge in [-0.15, -0.1) is 0 Å². The zero-order chi connectivity index (χ0) is 24.0. The van der Waals surface area contributed by atoms with Gasteiger partial charge in [0.25, 0.3) is 5.91 Å². The van der Waals surface area contributed by atoms with Gasteiger partial charge in [0, 0.05) is 5.69 Å². The zero-order valence-corrected chi connectivity index (χ0v) is 18.5. The number of carbonyl (C=O) groups excluding carboxylic acids is 4. The fraction of sp³-hybridized carbons (Fsp3) is 0.333. The topological polar surface area (TPSA) is 105 Å². The van der Waals surface area contributed by atoms with Crippen molar-refractivity contribution >= 4 is 29.5 Å². The Kier molecular flexibility index (Phi) is 7.42. The highest BCUT2D eigenvalue weighted by molar-refractivity contribution is 6.10. The number of nitrogens with one attached hydrogen (secondary N) is 2. The number of hydrogen-bond donors (Lipinski definition) is 2. The second-order valence-electron chi connectivity index (χ2n) is 7.68. The monoisotopic (exact) mass is 455 g/mol. The van der Waals surface area contributed by atoms with E-state index in [1.54, 1.807) is 6.92 Å². The molecule has 0 radical (unpaired) electrons. The van der Waals surface area contributed by atoms with Crippen LogP contribution in [0.25, 0.3) is 0 Å². The minimum atomic E-state index is -1.34. The van der Waals surface area contributed by atoms with E-state index >= 15 is 0 Å². The average molecular weight is 455 g/mol. The van der Waals surface area contributed by atoms with E-state index in [0.29, 0.717) is 29.7 Å². The second-order valence-corrected chi connectivity index (χ2v) is 7.68. The van der Waals surface area contributed by atoms with Crippen molar-refractivity contribution < 1.29 is 28.3 Å². The maximum absolute atomic E-state index is 13.4. The molecule has 1 aliphatic rings. The molecule has 1 atom stereocenters. The molecule has 8 nitrogen and oxygen atoms in total. The molecule has 1 heterocycles. The number of amides is 4. The molecule has 2 N–H and O–H groups in total. The lowest BCUT2D eigenvalue weighted by Gasteiger charge is -2.27. The van der Waals surface area contributed by atoms with Gasteiger partial charge in [0.2, 0.25) is 5.91 Å². The minimum absolute atomic E-state index is 0.251. The van der Waals surface area contributed by atoms with Crippen molar-refractivity contribution in [1.29, 1.82) is 0 Å². The van der Waals surface area contributed by atoms with E-state index in [9.17, 15) is 23.6 Å². The molecule has 0 aromatic heterocycles. The van der Waals surface area contributed by atoms with Crippen LogP contribution in [0.3, 0.4) is 0 Å². The van der Waals surface area contributed by atoms with Crippen LogP contribution in [-0.4, -0.2) is 41.9 Å². The van der Waals surface area contributed by atoms with E-state index in [4.69, 9.17) is 4.74 Å². The Labute approximate surface area is 191 Å². The lowest BCUT2D eigenvalue weighted by atomic mass is 9.85. The Morgan fingerprint density at radius 1 is 1.06 bits per heavy atom. The fourth-order valence-corrected chi connectivity index (χ4v) is 3.70. The van der Waals surface area contributed by atoms with Crippen LogP contribution in [-0.2, 0) is 19.9 Å². The highest BCUT2D eigenvalue weighted by atomic mass is 19.1. The summed E-state index contributed by atoms with van der Waals surface area (Å²) in [6, 6.07) is 10.8. The number of hydrogen-bond acceptors (Lipinski definition) is 5. The summed E-state index contributed by atoms with van der Waals surface area (Å²) in [6.07, 6.45) is 1.76. The molecular formula is C24H26FN3O5. The summed E-state index contributed by atoms with van der Waals surface area (Å²) in [4.78, 5) is 51.1. The van der Waals surface area contributed by atoms with E-state index in [-0.39, 0.29) is 6.61 Å². The van der Waals surface area contributed by atoms with Crippen molar-refractivity contribution in [1.82, 2.24) is 10.2 Å². The number of urea groups is 1. The molecule has 1 fully saturated rings. The minimum Gasteiger partial charge on any atom is -0.462 e. The number of esters is 1. The second kappa shape index (κ2) is 10.2. The molecule has 2 aromatic rings. The Morgan fingerprint density at radius 2 is 1.73 bits per heavy atom. The summed E-state index contributed by atoms with van der Waals surface area (Å²) in [6.45, 7) is 3.42. The molecule has 0 bridgehead atoms. The molecule has 0 spiro atoms. The van der Waals surface area contributed by atoms with Gasteiger partial charge in [-0.3, -0.25) is 14.5 Å². The molecule has 33 heavy (non-hydrogen) atoms. The summed E-state index contributed by atoms with van der Waals surface area (Å²) < 4.78 is 18.3. The number of ether oxygens (including phenoxy) is 1.